The molecule has 1 aromatic heterocycles. The molecule has 2 heterocycles. The molecule has 1 unspecified atom stereocenters. The summed E-state index contributed by atoms with van der Waals surface area (Å²) >= 11 is 0. The van der Waals surface area contributed by atoms with Crippen molar-refractivity contribution in [2.45, 2.75) is 37.4 Å². The van der Waals surface area contributed by atoms with Crippen LogP contribution in [-0.2, 0) is 16.2 Å². The monoisotopic (exact) mass is 443 g/mol. The standard InChI is InChI=1S/C20H24F3N3O3S/c1-14(2)13-29-17-4-6-18(7-5-17)30(27,28)25-16-9-10-26(12-16)19-8-3-15(11-24-19)20(21,22)23/h3-8,11,14,16,25H,9-10,12-13H2,1-2H3. The minimum atomic E-state index is -4.44. The average Bonchev–Trinajstić information content (AvgIpc) is 3.14. The fourth-order valence-electron chi connectivity index (χ4n) is 3.07. The Hall–Kier alpha value is -2.33. The molecule has 2 aromatic rings. The van der Waals surface area contributed by atoms with E-state index in [4.69, 9.17) is 4.74 Å². The number of pyridine rings is 1. The van der Waals surface area contributed by atoms with Gasteiger partial charge in [0.15, 0.2) is 0 Å². The Morgan fingerprint density at radius 1 is 1.20 bits per heavy atom. The Kier molecular flexibility index (Phi) is 6.56. The number of aromatic nitrogens is 1. The van der Waals surface area contributed by atoms with E-state index in [1.54, 1.807) is 17.0 Å². The third-order valence-electron chi connectivity index (χ3n) is 4.63. The molecule has 1 atom stereocenters. The number of halogens is 3. The summed E-state index contributed by atoms with van der Waals surface area (Å²) in [5.41, 5.74) is -0.816. The molecule has 0 amide bonds. The largest absolute Gasteiger partial charge is 0.493 e. The minimum absolute atomic E-state index is 0.130. The maximum atomic E-state index is 12.7. The molecule has 1 fully saturated rings. The van der Waals surface area contributed by atoms with E-state index in [1.807, 2.05) is 13.8 Å². The topological polar surface area (TPSA) is 71.5 Å². The lowest BCUT2D eigenvalue weighted by molar-refractivity contribution is -0.137. The Labute approximate surface area is 174 Å². The summed E-state index contributed by atoms with van der Waals surface area (Å²) in [7, 11) is -3.72. The van der Waals surface area contributed by atoms with Gasteiger partial charge in [0.25, 0.3) is 0 Å². The zero-order valence-electron chi connectivity index (χ0n) is 16.7. The number of alkyl halides is 3. The average molecular weight is 443 g/mol. The number of rotatable bonds is 7. The van der Waals surface area contributed by atoms with E-state index in [0.717, 1.165) is 12.3 Å². The molecule has 0 spiro atoms. The van der Waals surface area contributed by atoms with E-state index in [-0.39, 0.29) is 10.9 Å². The van der Waals surface area contributed by atoms with Crippen LogP contribution in [0.25, 0.3) is 0 Å². The molecule has 0 bridgehead atoms. The van der Waals surface area contributed by atoms with Gasteiger partial charge in [-0.3, -0.25) is 0 Å². The zero-order valence-corrected chi connectivity index (χ0v) is 17.5. The predicted octanol–water partition coefficient (Wildman–Crippen LogP) is 3.69. The van der Waals surface area contributed by atoms with Gasteiger partial charge in [0, 0.05) is 25.3 Å². The van der Waals surface area contributed by atoms with Gasteiger partial charge in [0.2, 0.25) is 10.0 Å². The lowest BCUT2D eigenvalue weighted by Gasteiger charge is -2.18. The van der Waals surface area contributed by atoms with Gasteiger partial charge in [0.05, 0.1) is 17.1 Å². The summed E-state index contributed by atoms with van der Waals surface area (Å²) in [6.45, 7) is 5.41. The van der Waals surface area contributed by atoms with Crippen LogP contribution in [0.4, 0.5) is 19.0 Å². The van der Waals surface area contributed by atoms with E-state index < -0.39 is 21.8 Å². The van der Waals surface area contributed by atoms with Crippen LogP contribution in [0.1, 0.15) is 25.8 Å². The molecule has 1 aliphatic heterocycles. The maximum absolute atomic E-state index is 12.7. The van der Waals surface area contributed by atoms with Crippen LogP contribution >= 0.6 is 0 Å². The van der Waals surface area contributed by atoms with Gasteiger partial charge in [-0.25, -0.2) is 18.1 Å². The molecule has 10 heteroatoms. The molecule has 1 saturated heterocycles. The van der Waals surface area contributed by atoms with Gasteiger partial charge in [-0.05, 0) is 48.7 Å². The van der Waals surface area contributed by atoms with Gasteiger partial charge in [0.1, 0.15) is 11.6 Å². The molecule has 0 radical (unpaired) electrons. The van der Waals surface area contributed by atoms with Crippen molar-refractivity contribution in [3.8, 4) is 5.75 Å². The van der Waals surface area contributed by atoms with Gasteiger partial charge in [-0.1, -0.05) is 13.8 Å². The number of nitrogens with one attached hydrogen (secondary N) is 1. The van der Waals surface area contributed by atoms with Gasteiger partial charge in [-0.15, -0.1) is 0 Å². The van der Waals surface area contributed by atoms with Crippen molar-refractivity contribution in [2.24, 2.45) is 5.92 Å². The normalized spacial score (nSPS) is 17.5. The summed E-state index contributed by atoms with van der Waals surface area (Å²) in [6.07, 6.45) is -3.13. The number of anilines is 1. The first-order chi connectivity index (χ1) is 14.0. The van der Waals surface area contributed by atoms with E-state index in [2.05, 4.69) is 9.71 Å². The van der Waals surface area contributed by atoms with Gasteiger partial charge in [-0.2, -0.15) is 13.2 Å². The molecule has 30 heavy (non-hydrogen) atoms. The molecular weight excluding hydrogens is 419 g/mol. The predicted molar refractivity (Wildman–Crippen MR) is 107 cm³/mol. The molecule has 1 aliphatic rings. The fraction of sp³-hybridized carbons (Fsp3) is 0.450. The molecular formula is C20H24F3N3O3S. The summed E-state index contributed by atoms with van der Waals surface area (Å²) < 4.78 is 71.5. The van der Waals surface area contributed by atoms with Gasteiger partial charge < -0.3 is 9.64 Å². The van der Waals surface area contributed by atoms with Crippen molar-refractivity contribution < 1.29 is 26.3 Å². The number of hydrogen-bond acceptors (Lipinski definition) is 5. The number of ether oxygens (including phenoxy) is 1. The second-order valence-electron chi connectivity index (χ2n) is 7.63. The Balaban J connectivity index is 1.60. The van der Waals surface area contributed by atoms with E-state index in [1.165, 1.54) is 18.2 Å². The number of hydrogen-bond donors (Lipinski definition) is 1. The van der Waals surface area contributed by atoms with Crippen molar-refractivity contribution in [3.63, 3.8) is 0 Å². The van der Waals surface area contributed by atoms with E-state index in [0.29, 0.717) is 43.6 Å². The Morgan fingerprint density at radius 3 is 2.47 bits per heavy atom. The highest BCUT2D eigenvalue weighted by Crippen LogP contribution is 2.30. The van der Waals surface area contributed by atoms with Crippen molar-refractivity contribution in [3.05, 3.63) is 48.2 Å². The summed E-state index contributed by atoms with van der Waals surface area (Å²) in [4.78, 5) is 5.76. The highest BCUT2D eigenvalue weighted by molar-refractivity contribution is 7.89. The van der Waals surface area contributed by atoms with Crippen molar-refractivity contribution in [1.29, 1.82) is 0 Å². The van der Waals surface area contributed by atoms with Crippen LogP contribution in [0, 0.1) is 5.92 Å². The van der Waals surface area contributed by atoms with Crippen molar-refractivity contribution >= 4 is 15.8 Å². The molecule has 0 saturated carbocycles. The third kappa shape index (κ3) is 5.63. The fourth-order valence-corrected chi connectivity index (χ4v) is 4.33. The highest BCUT2D eigenvalue weighted by Gasteiger charge is 2.32. The lowest BCUT2D eigenvalue weighted by Crippen LogP contribution is -2.37. The molecule has 1 N–H and O–H groups in total. The molecule has 3 rings (SSSR count). The second kappa shape index (κ2) is 8.81. The summed E-state index contributed by atoms with van der Waals surface area (Å²) in [5, 5.41) is 0. The molecule has 0 aliphatic carbocycles. The quantitative estimate of drug-likeness (QED) is 0.707. The Bertz CT molecular complexity index is 946. The number of nitrogens with zero attached hydrogens (tertiary/aromatic N) is 2. The summed E-state index contributed by atoms with van der Waals surface area (Å²) in [6, 6.07) is 8.12. The summed E-state index contributed by atoms with van der Waals surface area (Å²) in [5.74, 6) is 1.35. The zero-order chi connectivity index (χ0) is 21.9. The lowest BCUT2D eigenvalue weighted by atomic mass is 10.2. The van der Waals surface area contributed by atoms with Crippen molar-refractivity contribution in [1.82, 2.24) is 9.71 Å². The van der Waals surface area contributed by atoms with E-state index >= 15 is 0 Å². The first-order valence-electron chi connectivity index (χ1n) is 9.58. The Morgan fingerprint density at radius 2 is 1.90 bits per heavy atom. The van der Waals surface area contributed by atoms with Crippen LogP contribution in [0.15, 0.2) is 47.5 Å². The second-order valence-corrected chi connectivity index (χ2v) is 9.35. The first kappa shape index (κ1) is 22.4. The van der Waals surface area contributed by atoms with Crippen LogP contribution in [-0.4, -0.2) is 39.1 Å². The number of sulfonamides is 1. The number of benzene rings is 1. The SMILES string of the molecule is CC(C)COc1ccc(S(=O)(=O)NC2CCN(c3ccc(C(F)(F)F)cn3)C2)cc1. The molecule has 6 nitrogen and oxygen atoms in total. The van der Waals surface area contributed by atoms with Gasteiger partial charge >= 0.3 is 6.18 Å². The van der Waals surface area contributed by atoms with Crippen LogP contribution in [0.5, 0.6) is 5.75 Å². The van der Waals surface area contributed by atoms with E-state index in [9.17, 15) is 21.6 Å². The first-order valence-corrected chi connectivity index (χ1v) is 11.1. The third-order valence-corrected chi connectivity index (χ3v) is 6.16. The van der Waals surface area contributed by atoms with Crippen LogP contribution in [0.3, 0.4) is 0 Å². The molecule has 164 valence electrons. The van der Waals surface area contributed by atoms with Crippen molar-refractivity contribution in [2.75, 3.05) is 24.6 Å². The smallest absolute Gasteiger partial charge is 0.417 e. The minimum Gasteiger partial charge on any atom is -0.493 e. The molecule has 1 aromatic carbocycles. The van der Waals surface area contributed by atoms with Crippen LogP contribution < -0.4 is 14.4 Å². The maximum Gasteiger partial charge on any atom is 0.417 e. The van der Waals surface area contributed by atoms with Crippen LogP contribution in [0.2, 0.25) is 0 Å². The highest BCUT2D eigenvalue weighted by atomic mass is 32.2.